The molecule has 0 aliphatic heterocycles. The SMILES string of the molecule is CCOc1cc2occ(-c3ccc(F)cc3)c2cc1/C(C)=C/C(=O)NCc1cccc(OC)c1. The average molecular weight is 460 g/mol. The van der Waals surface area contributed by atoms with Gasteiger partial charge in [0.15, 0.2) is 0 Å². The van der Waals surface area contributed by atoms with E-state index in [0.717, 1.165) is 39.0 Å². The molecule has 0 fully saturated rings. The molecule has 1 amide bonds. The van der Waals surface area contributed by atoms with Crippen molar-refractivity contribution in [2.45, 2.75) is 20.4 Å². The molecule has 0 atom stereocenters. The molecule has 3 aromatic carbocycles. The molecule has 34 heavy (non-hydrogen) atoms. The zero-order valence-electron chi connectivity index (χ0n) is 19.4. The van der Waals surface area contributed by atoms with Crippen LogP contribution < -0.4 is 14.8 Å². The quantitative estimate of drug-likeness (QED) is 0.311. The first kappa shape index (κ1) is 23.1. The molecule has 0 radical (unpaired) electrons. The zero-order valence-corrected chi connectivity index (χ0v) is 19.4. The number of methoxy groups -OCH3 is 1. The van der Waals surface area contributed by atoms with Gasteiger partial charge in [0.25, 0.3) is 0 Å². The summed E-state index contributed by atoms with van der Waals surface area (Å²) in [4.78, 5) is 12.6. The Bertz CT molecular complexity index is 1340. The van der Waals surface area contributed by atoms with Gasteiger partial charge in [-0.25, -0.2) is 4.39 Å². The van der Waals surface area contributed by atoms with Crippen LogP contribution >= 0.6 is 0 Å². The van der Waals surface area contributed by atoms with Crippen LogP contribution in [0.25, 0.3) is 27.7 Å². The molecule has 0 unspecified atom stereocenters. The highest BCUT2D eigenvalue weighted by Gasteiger charge is 2.15. The first-order valence-electron chi connectivity index (χ1n) is 11.0. The van der Waals surface area contributed by atoms with Gasteiger partial charge in [0.05, 0.1) is 20.0 Å². The minimum absolute atomic E-state index is 0.214. The maximum Gasteiger partial charge on any atom is 0.244 e. The second-order valence-electron chi connectivity index (χ2n) is 7.83. The van der Waals surface area contributed by atoms with E-state index in [0.29, 0.717) is 24.5 Å². The van der Waals surface area contributed by atoms with Gasteiger partial charge in [-0.1, -0.05) is 24.3 Å². The van der Waals surface area contributed by atoms with Gasteiger partial charge in [0.2, 0.25) is 5.91 Å². The van der Waals surface area contributed by atoms with Gasteiger partial charge in [-0.05, 0) is 60.9 Å². The van der Waals surface area contributed by atoms with Gasteiger partial charge in [0.1, 0.15) is 22.9 Å². The first-order valence-corrected chi connectivity index (χ1v) is 11.0. The van der Waals surface area contributed by atoms with Crippen LogP contribution in [0, 0.1) is 5.82 Å². The summed E-state index contributed by atoms with van der Waals surface area (Å²) >= 11 is 0. The summed E-state index contributed by atoms with van der Waals surface area (Å²) in [7, 11) is 1.61. The van der Waals surface area contributed by atoms with Crippen molar-refractivity contribution < 1.29 is 23.1 Å². The lowest BCUT2D eigenvalue weighted by molar-refractivity contribution is -0.116. The fourth-order valence-electron chi connectivity index (χ4n) is 3.79. The third-order valence-electron chi connectivity index (χ3n) is 5.50. The van der Waals surface area contributed by atoms with Crippen molar-refractivity contribution in [3.63, 3.8) is 0 Å². The number of benzene rings is 3. The van der Waals surface area contributed by atoms with E-state index in [2.05, 4.69) is 5.32 Å². The smallest absolute Gasteiger partial charge is 0.244 e. The first-order chi connectivity index (χ1) is 16.5. The molecule has 5 nitrogen and oxygen atoms in total. The lowest BCUT2D eigenvalue weighted by Gasteiger charge is -2.12. The Morgan fingerprint density at radius 1 is 1.12 bits per heavy atom. The topological polar surface area (TPSA) is 60.7 Å². The number of carbonyl (C=O) groups excluding carboxylic acids is 1. The molecule has 0 spiro atoms. The normalized spacial score (nSPS) is 11.5. The van der Waals surface area contributed by atoms with Gasteiger partial charge < -0.3 is 19.2 Å². The number of amides is 1. The molecule has 0 saturated carbocycles. The Morgan fingerprint density at radius 2 is 1.91 bits per heavy atom. The molecule has 0 saturated heterocycles. The van der Waals surface area contributed by atoms with Crippen molar-refractivity contribution in [2.75, 3.05) is 13.7 Å². The van der Waals surface area contributed by atoms with Gasteiger partial charge in [-0.2, -0.15) is 0 Å². The van der Waals surface area contributed by atoms with Gasteiger partial charge in [-0.15, -0.1) is 0 Å². The number of furan rings is 1. The van der Waals surface area contributed by atoms with Gasteiger partial charge in [-0.3, -0.25) is 4.79 Å². The molecule has 4 aromatic rings. The fourth-order valence-corrected chi connectivity index (χ4v) is 3.79. The van der Waals surface area contributed by atoms with Crippen LogP contribution in [0.5, 0.6) is 11.5 Å². The Morgan fingerprint density at radius 3 is 2.65 bits per heavy atom. The van der Waals surface area contributed by atoms with E-state index in [9.17, 15) is 9.18 Å². The molecular formula is C28H26FNO4. The lowest BCUT2D eigenvalue weighted by atomic mass is 9.99. The van der Waals surface area contributed by atoms with Crippen molar-refractivity contribution in [1.29, 1.82) is 0 Å². The third kappa shape index (κ3) is 5.12. The maximum absolute atomic E-state index is 13.4. The van der Waals surface area contributed by atoms with Crippen LogP contribution in [0.15, 0.2) is 77.4 Å². The van der Waals surface area contributed by atoms with E-state index in [1.807, 2.05) is 50.2 Å². The number of hydrogen-bond donors (Lipinski definition) is 1. The summed E-state index contributed by atoms with van der Waals surface area (Å²) in [6.45, 7) is 4.62. The highest BCUT2D eigenvalue weighted by atomic mass is 19.1. The standard InChI is InChI=1S/C28H26FNO4/c1-4-33-26-15-27-24(25(17-34-27)20-8-10-21(29)11-9-20)14-23(26)18(2)12-28(31)30-16-19-6-5-7-22(13-19)32-3/h5-15,17H,4,16H2,1-3H3,(H,30,31)/b18-12+. The van der Waals surface area contributed by atoms with Crippen molar-refractivity contribution in [1.82, 2.24) is 5.32 Å². The molecular weight excluding hydrogens is 433 g/mol. The van der Waals surface area contributed by atoms with Crippen LogP contribution in [0.4, 0.5) is 4.39 Å². The van der Waals surface area contributed by atoms with E-state index in [4.69, 9.17) is 13.9 Å². The minimum atomic E-state index is -0.297. The Hall–Kier alpha value is -4.06. The van der Waals surface area contributed by atoms with Crippen molar-refractivity contribution in [2.24, 2.45) is 0 Å². The molecule has 0 bridgehead atoms. The number of fused-ring (bicyclic) bond motifs is 1. The zero-order chi connectivity index (χ0) is 24.1. The number of hydrogen-bond acceptors (Lipinski definition) is 4. The van der Waals surface area contributed by atoms with Crippen LogP contribution in [-0.4, -0.2) is 19.6 Å². The van der Waals surface area contributed by atoms with Crippen molar-refractivity contribution in [3.8, 4) is 22.6 Å². The number of rotatable bonds is 8. The van der Waals surface area contributed by atoms with Gasteiger partial charge >= 0.3 is 0 Å². The minimum Gasteiger partial charge on any atom is -0.497 e. The van der Waals surface area contributed by atoms with Crippen LogP contribution in [-0.2, 0) is 11.3 Å². The molecule has 0 aliphatic carbocycles. The number of carbonyl (C=O) groups is 1. The molecule has 0 aliphatic rings. The molecule has 1 N–H and O–H groups in total. The molecule has 6 heteroatoms. The molecule has 1 aromatic heterocycles. The largest absolute Gasteiger partial charge is 0.497 e. The summed E-state index contributed by atoms with van der Waals surface area (Å²) in [5.41, 5.74) is 4.82. The average Bonchev–Trinajstić information content (AvgIpc) is 3.26. The lowest BCUT2D eigenvalue weighted by Crippen LogP contribution is -2.20. The summed E-state index contributed by atoms with van der Waals surface area (Å²) in [6, 6.07) is 17.6. The number of ether oxygens (including phenoxy) is 2. The Kier molecular flexibility index (Phi) is 6.97. The van der Waals surface area contributed by atoms with Crippen molar-refractivity contribution >= 4 is 22.4 Å². The van der Waals surface area contributed by atoms with Gasteiger partial charge in [0, 0.05) is 35.2 Å². The summed E-state index contributed by atoms with van der Waals surface area (Å²) in [6.07, 6.45) is 3.21. The Balaban J connectivity index is 1.63. The van der Waals surface area contributed by atoms with E-state index in [1.54, 1.807) is 31.6 Å². The van der Waals surface area contributed by atoms with E-state index >= 15 is 0 Å². The summed E-state index contributed by atoms with van der Waals surface area (Å²) in [5.74, 6) is 0.859. The predicted octanol–water partition coefficient (Wildman–Crippen LogP) is 6.37. The maximum atomic E-state index is 13.4. The van der Waals surface area contributed by atoms with Crippen LogP contribution in [0.3, 0.4) is 0 Å². The molecule has 4 rings (SSSR count). The highest BCUT2D eigenvalue weighted by molar-refractivity contribution is 6.00. The fraction of sp³-hybridized carbons (Fsp3) is 0.179. The van der Waals surface area contributed by atoms with E-state index in [1.165, 1.54) is 12.1 Å². The number of nitrogens with one attached hydrogen (secondary N) is 1. The van der Waals surface area contributed by atoms with E-state index < -0.39 is 0 Å². The number of halogens is 1. The second-order valence-corrected chi connectivity index (χ2v) is 7.83. The van der Waals surface area contributed by atoms with Crippen LogP contribution in [0.2, 0.25) is 0 Å². The Labute approximate surface area is 197 Å². The molecule has 174 valence electrons. The molecule has 1 heterocycles. The predicted molar refractivity (Wildman–Crippen MR) is 131 cm³/mol. The van der Waals surface area contributed by atoms with E-state index in [-0.39, 0.29) is 11.7 Å². The summed E-state index contributed by atoms with van der Waals surface area (Å²) < 4.78 is 30.2. The monoisotopic (exact) mass is 459 g/mol. The van der Waals surface area contributed by atoms with Crippen LogP contribution in [0.1, 0.15) is 25.0 Å². The second kappa shape index (κ2) is 10.3. The number of allylic oxidation sites excluding steroid dienone is 1. The third-order valence-corrected chi connectivity index (χ3v) is 5.50. The van der Waals surface area contributed by atoms with Crippen molar-refractivity contribution in [3.05, 3.63) is 89.9 Å². The highest BCUT2D eigenvalue weighted by Crippen LogP contribution is 2.37. The summed E-state index contributed by atoms with van der Waals surface area (Å²) in [5, 5.41) is 3.77.